The van der Waals surface area contributed by atoms with E-state index in [1.807, 2.05) is 6.92 Å². The van der Waals surface area contributed by atoms with Gasteiger partial charge in [0.25, 0.3) is 0 Å². The third kappa shape index (κ3) is 3.30. The second-order valence-electron chi connectivity index (χ2n) is 3.77. The van der Waals surface area contributed by atoms with Crippen molar-refractivity contribution in [2.45, 2.75) is 13.8 Å². The van der Waals surface area contributed by atoms with Crippen molar-refractivity contribution in [1.29, 1.82) is 0 Å². The number of hydrogen-bond acceptors (Lipinski definition) is 4. The fraction of sp³-hybridized carbons (Fsp3) is 0.455. The van der Waals surface area contributed by atoms with Crippen LogP contribution in [-0.4, -0.2) is 29.1 Å². The Hall–Kier alpha value is -1.85. The lowest BCUT2D eigenvalue weighted by atomic mass is 10.1. The van der Waals surface area contributed by atoms with Crippen molar-refractivity contribution in [1.82, 2.24) is 4.98 Å². The van der Waals surface area contributed by atoms with Gasteiger partial charge in [-0.15, -0.1) is 0 Å². The number of nitrogens with zero attached hydrogens (tertiary/aromatic N) is 3. The fourth-order valence-electron chi connectivity index (χ4n) is 1.50. The first-order valence-electron chi connectivity index (χ1n) is 5.43. The summed E-state index contributed by atoms with van der Waals surface area (Å²) in [5, 5.41) is 11.5. The van der Waals surface area contributed by atoms with Gasteiger partial charge in [0.15, 0.2) is 11.6 Å². The van der Waals surface area contributed by atoms with E-state index in [1.165, 1.54) is 12.3 Å². The molecule has 17 heavy (non-hydrogen) atoms. The standard InChI is InChI=1S/C11H17FN4O/c1-3-16(7-8(2)10(13)15-17)11-9(12)5-4-6-14-11/h4-6,8,17H,3,7H2,1-2H3,(H2,13,15). The fourth-order valence-corrected chi connectivity index (χ4v) is 1.50. The predicted molar refractivity (Wildman–Crippen MR) is 64.7 cm³/mol. The number of oxime groups is 1. The molecule has 0 aliphatic rings. The van der Waals surface area contributed by atoms with Gasteiger partial charge in [0.05, 0.1) is 0 Å². The second-order valence-corrected chi connectivity index (χ2v) is 3.77. The van der Waals surface area contributed by atoms with Crippen LogP contribution in [0.1, 0.15) is 13.8 Å². The second kappa shape index (κ2) is 6.03. The number of halogens is 1. The molecule has 0 radical (unpaired) electrons. The van der Waals surface area contributed by atoms with Gasteiger partial charge in [-0.2, -0.15) is 0 Å². The monoisotopic (exact) mass is 240 g/mol. The van der Waals surface area contributed by atoms with Crippen LogP contribution in [0.15, 0.2) is 23.5 Å². The Labute approximate surface area is 99.7 Å². The SMILES string of the molecule is CCN(CC(C)/C(N)=N/O)c1ncccc1F. The van der Waals surface area contributed by atoms with Crippen LogP contribution in [-0.2, 0) is 0 Å². The molecule has 1 heterocycles. The zero-order valence-corrected chi connectivity index (χ0v) is 9.97. The lowest BCUT2D eigenvalue weighted by Gasteiger charge is -2.25. The number of amidine groups is 1. The lowest BCUT2D eigenvalue weighted by molar-refractivity contribution is 0.314. The van der Waals surface area contributed by atoms with E-state index < -0.39 is 0 Å². The molecule has 3 N–H and O–H groups in total. The summed E-state index contributed by atoms with van der Waals surface area (Å²) in [4.78, 5) is 5.74. The summed E-state index contributed by atoms with van der Waals surface area (Å²) in [6.07, 6.45) is 1.54. The van der Waals surface area contributed by atoms with Crippen molar-refractivity contribution in [3.63, 3.8) is 0 Å². The van der Waals surface area contributed by atoms with Crippen LogP contribution in [0.2, 0.25) is 0 Å². The molecule has 1 atom stereocenters. The van der Waals surface area contributed by atoms with Crippen molar-refractivity contribution >= 4 is 11.7 Å². The zero-order chi connectivity index (χ0) is 12.8. The maximum Gasteiger partial charge on any atom is 0.165 e. The molecule has 0 amide bonds. The highest BCUT2D eigenvalue weighted by Crippen LogP contribution is 2.16. The van der Waals surface area contributed by atoms with Crippen LogP contribution in [0.4, 0.5) is 10.2 Å². The van der Waals surface area contributed by atoms with Gasteiger partial charge in [-0.05, 0) is 19.1 Å². The van der Waals surface area contributed by atoms with E-state index in [0.29, 0.717) is 13.1 Å². The minimum Gasteiger partial charge on any atom is -0.409 e. The third-order valence-electron chi connectivity index (χ3n) is 2.53. The van der Waals surface area contributed by atoms with Crippen LogP contribution < -0.4 is 10.6 Å². The Morgan fingerprint density at radius 3 is 2.94 bits per heavy atom. The van der Waals surface area contributed by atoms with Gasteiger partial charge in [-0.25, -0.2) is 9.37 Å². The molecule has 0 aliphatic heterocycles. The predicted octanol–water partition coefficient (Wildman–Crippen LogP) is 1.43. The lowest BCUT2D eigenvalue weighted by Crippen LogP contribution is -2.35. The Kier molecular flexibility index (Phi) is 4.68. The molecule has 0 aromatic carbocycles. The molecule has 1 aromatic heterocycles. The number of hydrogen-bond donors (Lipinski definition) is 2. The molecular weight excluding hydrogens is 223 g/mol. The first-order chi connectivity index (χ1) is 8.10. The molecule has 0 bridgehead atoms. The van der Waals surface area contributed by atoms with Gasteiger partial charge in [0.1, 0.15) is 5.84 Å². The number of nitrogens with two attached hydrogens (primary N) is 1. The van der Waals surface area contributed by atoms with Crippen molar-refractivity contribution in [2.24, 2.45) is 16.8 Å². The molecule has 1 unspecified atom stereocenters. The third-order valence-corrected chi connectivity index (χ3v) is 2.53. The summed E-state index contributed by atoms with van der Waals surface area (Å²) >= 11 is 0. The molecule has 1 rings (SSSR count). The summed E-state index contributed by atoms with van der Waals surface area (Å²) in [6, 6.07) is 2.90. The summed E-state index contributed by atoms with van der Waals surface area (Å²) in [5.41, 5.74) is 5.49. The number of pyridine rings is 1. The molecule has 0 saturated carbocycles. The average Bonchev–Trinajstić information content (AvgIpc) is 2.35. The van der Waals surface area contributed by atoms with E-state index in [4.69, 9.17) is 10.9 Å². The summed E-state index contributed by atoms with van der Waals surface area (Å²) in [5.74, 6) is -0.144. The maximum absolute atomic E-state index is 13.5. The average molecular weight is 240 g/mol. The Morgan fingerprint density at radius 2 is 2.41 bits per heavy atom. The maximum atomic E-state index is 13.5. The van der Waals surface area contributed by atoms with E-state index >= 15 is 0 Å². The van der Waals surface area contributed by atoms with Gasteiger partial charge >= 0.3 is 0 Å². The van der Waals surface area contributed by atoms with Crippen LogP contribution >= 0.6 is 0 Å². The Bertz CT molecular complexity index is 397. The molecule has 0 saturated heterocycles. The molecule has 0 aliphatic carbocycles. The normalized spacial score (nSPS) is 13.5. The quantitative estimate of drug-likeness (QED) is 0.353. The first-order valence-corrected chi connectivity index (χ1v) is 5.43. The summed E-state index contributed by atoms with van der Waals surface area (Å²) in [7, 11) is 0. The highest BCUT2D eigenvalue weighted by Gasteiger charge is 2.16. The van der Waals surface area contributed by atoms with Gasteiger partial charge in [0, 0.05) is 25.2 Å². The molecule has 5 nitrogen and oxygen atoms in total. The topological polar surface area (TPSA) is 74.7 Å². The van der Waals surface area contributed by atoms with Gasteiger partial charge < -0.3 is 15.8 Å². The van der Waals surface area contributed by atoms with Crippen LogP contribution in [0.3, 0.4) is 0 Å². The molecular formula is C11H17FN4O. The van der Waals surface area contributed by atoms with Crippen molar-refractivity contribution < 1.29 is 9.60 Å². The molecule has 94 valence electrons. The van der Waals surface area contributed by atoms with E-state index in [-0.39, 0.29) is 23.4 Å². The van der Waals surface area contributed by atoms with Crippen molar-refractivity contribution in [3.8, 4) is 0 Å². The summed E-state index contributed by atoms with van der Waals surface area (Å²) < 4.78 is 13.5. The molecule has 6 heteroatoms. The van der Waals surface area contributed by atoms with Crippen LogP contribution in [0.5, 0.6) is 0 Å². The van der Waals surface area contributed by atoms with Gasteiger partial charge in [0.2, 0.25) is 0 Å². The Morgan fingerprint density at radius 1 is 1.71 bits per heavy atom. The van der Waals surface area contributed by atoms with Crippen molar-refractivity contribution in [2.75, 3.05) is 18.0 Å². The Balaban J connectivity index is 2.83. The van der Waals surface area contributed by atoms with Crippen LogP contribution in [0, 0.1) is 11.7 Å². The highest BCUT2D eigenvalue weighted by molar-refractivity contribution is 5.82. The van der Waals surface area contributed by atoms with Gasteiger partial charge in [-0.3, -0.25) is 0 Å². The number of rotatable bonds is 5. The number of aromatic nitrogens is 1. The van der Waals surface area contributed by atoms with E-state index in [2.05, 4.69) is 10.1 Å². The minimum absolute atomic E-state index is 0.125. The highest BCUT2D eigenvalue weighted by atomic mass is 19.1. The molecule has 0 spiro atoms. The molecule has 1 aromatic rings. The summed E-state index contributed by atoms with van der Waals surface area (Å²) in [6.45, 7) is 4.74. The first kappa shape index (κ1) is 13.2. The van der Waals surface area contributed by atoms with Crippen LogP contribution in [0.25, 0.3) is 0 Å². The van der Waals surface area contributed by atoms with Crippen molar-refractivity contribution in [3.05, 3.63) is 24.1 Å². The molecule has 0 fully saturated rings. The largest absolute Gasteiger partial charge is 0.409 e. The minimum atomic E-state index is -0.374. The van der Waals surface area contributed by atoms with E-state index in [1.54, 1.807) is 17.9 Å². The smallest absolute Gasteiger partial charge is 0.165 e. The number of anilines is 1. The van der Waals surface area contributed by atoms with E-state index in [9.17, 15) is 4.39 Å². The zero-order valence-electron chi connectivity index (χ0n) is 9.97. The van der Waals surface area contributed by atoms with E-state index in [0.717, 1.165) is 0 Å². The van der Waals surface area contributed by atoms with Gasteiger partial charge in [-0.1, -0.05) is 12.1 Å².